The molecular formula is C5H14N2OS. The largest absolute Gasteiger partial charge is 0.234 e. The second kappa shape index (κ2) is 3.17. The summed E-state index contributed by atoms with van der Waals surface area (Å²) in [7, 11) is -0.540. The smallest absolute Gasteiger partial charge is 0.104 e. The van der Waals surface area contributed by atoms with Crippen molar-refractivity contribution in [1.82, 2.24) is 4.72 Å². The van der Waals surface area contributed by atoms with E-state index in [1.807, 2.05) is 13.8 Å². The van der Waals surface area contributed by atoms with Gasteiger partial charge in [-0.1, -0.05) is 0 Å². The maximum atomic E-state index is 11.1. The highest BCUT2D eigenvalue weighted by atomic mass is 32.2. The molecule has 0 aliphatic carbocycles. The molecule has 1 unspecified atom stereocenters. The summed E-state index contributed by atoms with van der Waals surface area (Å²) in [6.07, 6.45) is 1.59. The molecule has 0 saturated carbocycles. The molecular weight excluding hydrogens is 136 g/mol. The minimum Gasteiger partial charge on any atom is -0.234 e. The molecule has 0 amide bonds. The fourth-order valence-corrected chi connectivity index (χ4v) is 1.47. The second-order valence-electron chi connectivity index (χ2n) is 2.26. The van der Waals surface area contributed by atoms with E-state index < -0.39 is 9.92 Å². The second-order valence-corrected chi connectivity index (χ2v) is 4.46. The van der Waals surface area contributed by atoms with E-state index >= 15 is 0 Å². The molecule has 56 valence electrons. The molecule has 0 bridgehead atoms. The molecule has 0 radical (unpaired) electrons. The van der Waals surface area contributed by atoms with Gasteiger partial charge in [0, 0.05) is 19.3 Å². The van der Waals surface area contributed by atoms with Crippen molar-refractivity contribution in [2.24, 2.45) is 4.36 Å². The zero-order valence-electron chi connectivity index (χ0n) is 6.34. The van der Waals surface area contributed by atoms with Gasteiger partial charge in [-0.3, -0.25) is 0 Å². The number of hydrogen-bond donors (Lipinski definition) is 1. The number of nitrogens with one attached hydrogen (secondary N) is 1. The van der Waals surface area contributed by atoms with Crippen molar-refractivity contribution in [2.45, 2.75) is 19.9 Å². The Kier molecular flexibility index (Phi) is 3.14. The highest BCUT2D eigenvalue weighted by Crippen LogP contribution is 1.85. The van der Waals surface area contributed by atoms with Gasteiger partial charge in [-0.2, -0.15) is 0 Å². The van der Waals surface area contributed by atoms with Crippen LogP contribution in [0.15, 0.2) is 4.36 Å². The Morgan fingerprint density at radius 2 is 2.00 bits per heavy atom. The molecule has 0 saturated heterocycles. The van der Waals surface area contributed by atoms with Crippen LogP contribution in [0.3, 0.4) is 0 Å². The Morgan fingerprint density at radius 1 is 1.56 bits per heavy atom. The molecule has 1 N–H and O–H groups in total. The predicted octanol–water partition coefficient (Wildman–Crippen LogP) is 0.627. The standard InChI is InChI=1S/C5H14N2OS/c1-5(2)7-9(4,8)6-3/h5H,1-4H3,(H,6,7,8). The summed E-state index contributed by atoms with van der Waals surface area (Å²) in [6, 6.07) is 0.228. The first-order valence-electron chi connectivity index (χ1n) is 2.85. The summed E-state index contributed by atoms with van der Waals surface area (Å²) in [6.45, 7) is 3.88. The lowest BCUT2D eigenvalue weighted by atomic mass is 10.4. The summed E-state index contributed by atoms with van der Waals surface area (Å²) in [4.78, 5) is 0. The van der Waals surface area contributed by atoms with Gasteiger partial charge in [0.1, 0.15) is 9.92 Å². The van der Waals surface area contributed by atoms with Gasteiger partial charge in [0.05, 0.1) is 0 Å². The Morgan fingerprint density at radius 3 is 2.11 bits per heavy atom. The van der Waals surface area contributed by atoms with E-state index in [0.717, 1.165) is 0 Å². The zero-order valence-corrected chi connectivity index (χ0v) is 7.16. The van der Waals surface area contributed by atoms with Crippen molar-refractivity contribution in [3.05, 3.63) is 0 Å². The van der Waals surface area contributed by atoms with E-state index in [2.05, 4.69) is 9.08 Å². The number of rotatable bonds is 2. The Labute approximate surface area is 57.2 Å². The van der Waals surface area contributed by atoms with Crippen LogP contribution in [0, 0.1) is 0 Å². The third-order valence-electron chi connectivity index (χ3n) is 0.803. The molecule has 4 heteroatoms. The first-order chi connectivity index (χ1) is 3.98. The summed E-state index contributed by atoms with van der Waals surface area (Å²) in [5, 5.41) is 0. The minimum absolute atomic E-state index is 0.228. The normalized spacial score (nSPS) is 17.4. The Balaban J connectivity index is 4.07. The van der Waals surface area contributed by atoms with Crippen LogP contribution in [-0.4, -0.2) is 23.6 Å². The third-order valence-corrected chi connectivity index (χ3v) is 2.41. The average molecular weight is 150 g/mol. The van der Waals surface area contributed by atoms with E-state index in [1.165, 1.54) is 0 Å². The Bertz CT molecular complexity index is 179. The summed E-state index contributed by atoms with van der Waals surface area (Å²) in [5.41, 5.74) is 0. The Hall–Kier alpha value is -0.0900. The van der Waals surface area contributed by atoms with Gasteiger partial charge >= 0.3 is 0 Å². The molecule has 0 aliphatic heterocycles. The quantitative estimate of drug-likeness (QED) is 0.616. The van der Waals surface area contributed by atoms with Crippen LogP contribution in [-0.2, 0) is 9.92 Å². The minimum atomic E-state index is -2.09. The van der Waals surface area contributed by atoms with Crippen LogP contribution >= 0.6 is 0 Å². The maximum absolute atomic E-state index is 11.1. The first kappa shape index (κ1) is 8.91. The predicted molar refractivity (Wildman–Crippen MR) is 40.7 cm³/mol. The van der Waals surface area contributed by atoms with E-state index in [9.17, 15) is 4.21 Å². The third kappa shape index (κ3) is 4.42. The van der Waals surface area contributed by atoms with Crippen molar-refractivity contribution in [2.75, 3.05) is 13.3 Å². The van der Waals surface area contributed by atoms with Crippen molar-refractivity contribution in [3.63, 3.8) is 0 Å². The molecule has 3 nitrogen and oxygen atoms in total. The SMILES string of the molecule is CN=S(C)(=O)NC(C)C. The fourth-order valence-electron chi connectivity index (χ4n) is 0.490. The van der Waals surface area contributed by atoms with Crippen LogP contribution in [0.2, 0.25) is 0 Å². The van der Waals surface area contributed by atoms with Crippen molar-refractivity contribution in [3.8, 4) is 0 Å². The van der Waals surface area contributed by atoms with E-state index in [4.69, 9.17) is 0 Å². The van der Waals surface area contributed by atoms with Crippen LogP contribution < -0.4 is 4.72 Å². The molecule has 0 aromatic heterocycles. The molecule has 0 spiro atoms. The van der Waals surface area contributed by atoms with E-state index in [0.29, 0.717) is 0 Å². The highest BCUT2D eigenvalue weighted by Gasteiger charge is 1.98. The van der Waals surface area contributed by atoms with Crippen LogP contribution in [0.5, 0.6) is 0 Å². The van der Waals surface area contributed by atoms with Gasteiger partial charge in [0.2, 0.25) is 0 Å². The monoisotopic (exact) mass is 150 g/mol. The number of hydrogen-bond acceptors (Lipinski definition) is 2. The van der Waals surface area contributed by atoms with Crippen molar-refractivity contribution in [1.29, 1.82) is 0 Å². The molecule has 9 heavy (non-hydrogen) atoms. The van der Waals surface area contributed by atoms with Crippen LogP contribution in [0.4, 0.5) is 0 Å². The highest BCUT2D eigenvalue weighted by molar-refractivity contribution is 7.91. The molecule has 0 rings (SSSR count). The fraction of sp³-hybridized carbons (Fsp3) is 1.00. The molecule has 1 atom stereocenters. The zero-order chi connectivity index (χ0) is 7.49. The molecule has 0 aliphatic rings. The molecule has 0 fully saturated rings. The lowest BCUT2D eigenvalue weighted by molar-refractivity contribution is 0.652. The lowest BCUT2D eigenvalue weighted by Gasteiger charge is -2.07. The van der Waals surface area contributed by atoms with Gasteiger partial charge in [0.15, 0.2) is 0 Å². The van der Waals surface area contributed by atoms with Crippen LogP contribution in [0.25, 0.3) is 0 Å². The van der Waals surface area contributed by atoms with Gasteiger partial charge < -0.3 is 0 Å². The van der Waals surface area contributed by atoms with Crippen molar-refractivity contribution < 1.29 is 4.21 Å². The molecule has 0 aromatic carbocycles. The van der Waals surface area contributed by atoms with Gasteiger partial charge in [-0.05, 0) is 13.8 Å². The molecule has 0 aromatic rings. The van der Waals surface area contributed by atoms with Crippen LogP contribution in [0.1, 0.15) is 13.8 Å². The average Bonchev–Trinajstić information content (AvgIpc) is 1.63. The first-order valence-corrected chi connectivity index (χ1v) is 4.78. The van der Waals surface area contributed by atoms with Gasteiger partial charge in [-0.25, -0.2) is 13.3 Å². The lowest BCUT2D eigenvalue weighted by Crippen LogP contribution is -2.28. The summed E-state index contributed by atoms with van der Waals surface area (Å²) >= 11 is 0. The van der Waals surface area contributed by atoms with Gasteiger partial charge in [-0.15, -0.1) is 0 Å². The van der Waals surface area contributed by atoms with E-state index in [1.54, 1.807) is 13.3 Å². The van der Waals surface area contributed by atoms with E-state index in [-0.39, 0.29) is 6.04 Å². The van der Waals surface area contributed by atoms with Crippen molar-refractivity contribution >= 4 is 9.92 Å². The topological polar surface area (TPSA) is 41.5 Å². The summed E-state index contributed by atoms with van der Waals surface area (Å²) < 4.78 is 17.6. The molecule has 0 heterocycles. The number of nitrogens with zero attached hydrogens (tertiary/aromatic N) is 1. The maximum Gasteiger partial charge on any atom is 0.104 e. The van der Waals surface area contributed by atoms with Gasteiger partial charge in [0.25, 0.3) is 0 Å². The summed E-state index contributed by atoms with van der Waals surface area (Å²) in [5.74, 6) is 0.